The van der Waals surface area contributed by atoms with Crippen molar-refractivity contribution in [1.82, 2.24) is 0 Å². The highest BCUT2D eigenvalue weighted by molar-refractivity contribution is 5.21. The molecule has 1 aromatic rings. The molecule has 1 heteroatoms. The van der Waals surface area contributed by atoms with E-state index in [1.54, 1.807) is 0 Å². The maximum absolute atomic E-state index is 9.67. The summed E-state index contributed by atoms with van der Waals surface area (Å²) in [6.07, 6.45) is 8.14. The van der Waals surface area contributed by atoms with E-state index in [-0.39, 0.29) is 0 Å². The van der Waals surface area contributed by atoms with Crippen molar-refractivity contribution in [3.63, 3.8) is 0 Å². The van der Waals surface area contributed by atoms with Crippen molar-refractivity contribution in [2.24, 2.45) is 23.7 Å². The van der Waals surface area contributed by atoms with Crippen molar-refractivity contribution in [1.29, 1.82) is 0 Å². The van der Waals surface area contributed by atoms with Crippen LogP contribution < -0.4 is 0 Å². The van der Waals surface area contributed by atoms with Crippen LogP contribution in [0.1, 0.15) is 43.2 Å². The van der Waals surface area contributed by atoms with Gasteiger partial charge in [-0.1, -0.05) is 36.2 Å². The lowest BCUT2D eigenvalue weighted by atomic mass is 9.80. The molecule has 2 bridgehead atoms. The summed E-state index contributed by atoms with van der Waals surface area (Å²) in [5, 5.41) is 9.67. The van der Waals surface area contributed by atoms with Gasteiger partial charge in [0.25, 0.3) is 0 Å². The molecule has 0 aromatic heterocycles. The van der Waals surface area contributed by atoms with E-state index in [0.29, 0.717) is 12.5 Å². The van der Waals surface area contributed by atoms with Gasteiger partial charge in [0.1, 0.15) is 0 Å². The lowest BCUT2D eigenvalue weighted by Crippen LogP contribution is -2.19. The molecule has 1 N–H and O–H groups in total. The third-order valence-corrected chi connectivity index (χ3v) is 5.42. The first kappa shape index (κ1) is 13.2. The molecule has 3 rings (SSSR count). The topological polar surface area (TPSA) is 20.2 Å². The molecule has 2 fully saturated rings. The molecule has 0 amide bonds. The molecular weight excluding hydrogens is 232 g/mol. The van der Waals surface area contributed by atoms with E-state index in [9.17, 15) is 5.11 Å². The largest absolute Gasteiger partial charge is 0.396 e. The van der Waals surface area contributed by atoms with Gasteiger partial charge in [0.05, 0.1) is 0 Å². The van der Waals surface area contributed by atoms with Crippen molar-refractivity contribution >= 4 is 0 Å². The first-order chi connectivity index (χ1) is 9.24. The highest BCUT2D eigenvalue weighted by atomic mass is 16.3. The number of hydrogen-bond acceptors (Lipinski definition) is 1. The van der Waals surface area contributed by atoms with Crippen molar-refractivity contribution in [3.05, 3.63) is 35.4 Å². The molecule has 2 aliphatic carbocycles. The standard InChI is InChI=1S/C18H26O/c1-13-2-4-14(5-3-13)8-16(12-19)11-18-10-15-6-7-17(18)9-15/h2-5,15-19H,6-12H2,1H3. The van der Waals surface area contributed by atoms with E-state index in [2.05, 4.69) is 31.2 Å². The Morgan fingerprint density at radius 1 is 1.16 bits per heavy atom. The second-order valence-corrected chi connectivity index (χ2v) is 6.91. The highest BCUT2D eigenvalue weighted by Crippen LogP contribution is 2.50. The third-order valence-electron chi connectivity index (χ3n) is 5.42. The van der Waals surface area contributed by atoms with Crippen molar-refractivity contribution in [2.75, 3.05) is 6.61 Å². The average molecular weight is 258 g/mol. The van der Waals surface area contributed by atoms with Crippen LogP contribution >= 0.6 is 0 Å². The summed E-state index contributed by atoms with van der Waals surface area (Å²) >= 11 is 0. The van der Waals surface area contributed by atoms with E-state index in [1.165, 1.54) is 43.2 Å². The normalized spacial score (nSPS) is 30.7. The minimum atomic E-state index is 0.349. The van der Waals surface area contributed by atoms with Gasteiger partial charge in [0.15, 0.2) is 0 Å². The molecule has 4 atom stereocenters. The van der Waals surface area contributed by atoms with E-state index in [1.807, 2.05) is 0 Å². The molecule has 0 spiro atoms. The van der Waals surface area contributed by atoms with Gasteiger partial charge in [-0.05, 0) is 68.3 Å². The van der Waals surface area contributed by atoms with E-state index < -0.39 is 0 Å². The summed E-state index contributed by atoms with van der Waals surface area (Å²) in [5.41, 5.74) is 2.70. The van der Waals surface area contributed by atoms with Crippen LogP contribution in [-0.2, 0) is 6.42 Å². The van der Waals surface area contributed by atoms with Crippen molar-refractivity contribution in [3.8, 4) is 0 Å². The Morgan fingerprint density at radius 3 is 2.53 bits per heavy atom. The first-order valence-corrected chi connectivity index (χ1v) is 7.91. The zero-order valence-electron chi connectivity index (χ0n) is 12.0. The minimum Gasteiger partial charge on any atom is -0.396 e. The van der Waals surface area contributed by atoms with Gasteiger partial charge in [0.2, 0.25) is 0 Å². The molecule has 1 aromatic carbocycles. The Labute approximate surface area is 117 Å². The number of fused-ring (bicyclic) bond motifs is 2. The van der Waals surface area contributed by atoms with Gasteiger partial charge in [-0.2, -0.15) is 0 Å². The number of aryl methyl sites for hydroxylation is 1. The molecule has 2 aliphatic rings. The molecule has 2 saturated carbocycles. The SMILES string of the molecule is Cc1ccc(CC(CO)CC2CC3CCC2C3)cc1. The summed E-state index contributed by atoms with van der Waals surface area (Å²) in [4.78, 5) is 0. The third kappa shape index (κ3) is 3.02. The number of aliphatic hydroxyl groups excluding tert-OH is 1. The zero-order valence-corrected chi connectivity index (χ0v) is 12.0. The van der Waals surface area contributed by atoms with Crippen LogP contribution in [0.15, 0.2) is 24.3 Å². The van der Waals surface area contributed by atoms with Crippen molar-refractivity contribution < 1.29 is 5.11 Å². The first-order valence-electron chi connectivity index (χ1n) is 7.91. The summed E-state index contributed by atoms with van der Waals surface area (Å²) in [6, 6.07) is 8.81. The molecule has 4 unspecified atom stereocenters. The molecule has 0 heterocycles. The summed E-state index contributed by atoms with van der Waals surface area (Å²) < 4.78 is 0. The predicted octanol–water partition coefficient (Wildman–Crippen LogP) is 3.97. The molecule has 0 aliphatic heterocycles. The summed E-state index contributed by atoms with van der Waals surface area (Å²) in [6.45, 7) is 2.48. The highest BCUT2D eigenvalue weighted by Gasteiger charge is 2.39. The Morgan fingerprint density at radius 2 is 1.95 bits per heavy atom. The van der Waals surface area contributed by atoms with Crippen LogP contribution in [0, 0.1) is 30.6 Å². The Kier molecular flexibility index (Phi) is 3.93. The second-order valence-electron chi connectivity index (χ2n) is 6.91. The number of rotatable bonds is 5. The molecule has 104 valence electrons. The predicted molar refractivity (Wildman–Crippen MR) is 79.0 cm³/mol. The van der Waals surface area contributed by atoms with Gasteiger partial charge in [-0.15, -0.1) is 0 Å². The quantitative estimate of drug-likeness (QED) is 0.847. The summed E-state index contributed by atoms with van der Waals surface area (Å²) in [5.74, 6) is 3.37. The van der Waals surface area contributed by atoms with Gasteiger partial charge in [-0.3, -0.25) is 0 Å². The van der Waals surface area contributed by atoms with Crippen LogP contribution in [0.3, 0.4) is 0 Å². The minimum absolute atomic E-state index is 0.349. The smallest absolute Gasteiger partial charge is 0.0462 e. The monoisotopic (exact) mass is 258 g/mol. The lowest BCUT2D eigenvalue weighted by Gasteiger charge is -2.25. The van der Waals surface area contributed by atoms with Crippen LogP contribution in [0.2, 0.25) is 0 Å². The fourth-order valence-electron chi connectivity index (χ4n) is 4.37. The Bertz CT molecular complexity index is 408. The number of aliphatic hydroxyl groups is 1. The molecule has 19 heavy (non-hydrogen) atoms. The van der Waals surface area contributed by atoms with Gasteiger partial charge in [-0.25, -0.2) is 0 Å². The van der Waals surface area contributed by atoms with Crippen LogP contribution in [0.4, 0.5) is 0 Å². The van der Waals surface area contributed by atoms with Crippen molar-refractivity contribution in [2.45, 2.75) is 45.4 Å². The maximum Gasteiger partial charge on any atom is 0.0462 e. The fourth-order valence-corrected chi connectivity index (χ4v) is 4.37. The van der Waals surface area contributed by atoms with E-state index in [4.69, 9.17) is 0 Å². The lowest BCUT2D eigenvalue weighted by molar-refractivity contribution is 0.178. The van der Waals surface area contributed by atoms with E-state index in [0.717, 1.165) is 24.2 Å². The fraction of sp³-hybridized carbons (Fsp3) is 0.667. The molecule has 1 nitrogen and oxygen atoms in total. The van der Waals surface area contributed by atoms with Gasteiger partial charge < -0.3 is 5.11 Å². The zero-order chi connectivity index (χ0) is 13.2. The van der Waals surface area contributed by atoms with E-state index >= 15 is 0 Å². The second kappa shape index (κ2) is 5.66. The van der Waals surface area contributed by atoms with Crippen LogP contribution in [0.5, 0.6) is 0 Å². The van der Waals surface area contributed by atoms with Gasteiger partial charge >= 0.3 is 0 Å². The Hall–Kier alpha value is -0.820. The average Bonchev–Trinajstić information content (AvgIpc) is 3.03. The van der Waals surface area contributed by atoms with Crippen LogP contribution in [0.25, 0.3) is 0 Å². The summed E-state index contributed by atoms with van der Waals surface area (Å²) in [7, 11) is 0. The number of hydrogen-bond donors (Lipinski definition) is 1. The molecule has 0 saturated heterocycles. The maximum atomic E-state index is 9.67. The molecule has 0 radical (unpaired) electrons. The van der Waals surface area contributed by atoms with Gasteiger partial charge in [0, 0.05) is 6.61 Å². The van der Waals surface area contributed by atoms with Crippen LogP contribution in [-0.4, -0.2) is 11.7 Å². The molecular formula is C18H26O. The Balaban J connectivity index is 1.57. The number of benzene rings is 1.